The molecular weight excluding hydrogens is 226 g/mol. The lowest BCUT2D eigenvalue weighted by molar-refractivity contribution is 0.190. The molecule has 0 amide bonds. The van der Waals surface area contributed by atoms with Gasteiger partial charge < -0.3 is 14.6 Å². The second-order valence-corrected chi connectivity index (χ2v) is 5.33. The van der Waals surface area contributed by atoms with Crippen LogP contribution in [0.4, 0.5) is 5.95 Å². The summed E-state index contributed by atoms with van der Waals surface area (Å²) in [4.78, 5) is 4.58. The summed E-state index contributed by atoms with van der Waals surface area (Å²) in [7, 11) is 1.72. The van der Waals surface area contributed by atoms with Gasteiger partial charge in [-0.05, 0) is 26.2 Å². The molecule has 1 aromatic rings. The fourth-order valence-electron chi connectivity index (χ4n) is 2.38. The monoisotopic (exact) mass is 253 g/mol. The largest absolute Gasteiger partial charge is 0.383 e. The molecule has 0 fully saturated rings. The van der Waals surface area contributed by atoms with Gasteiger partial charge in [0.2, 0.25) is 5.95 Å². The third-order valence-corrected chi connectivity index (χ3v) is 3.19. The Balaban J connectivity index is 2.91. The smallest absolute Gasteiger partial charge is 0.203 e. The van der Waals surface area contributed by atoms with Crippen molar-refractivity contribution in [3.63, 3.8) is 0 Å². The van der Waals surface area contributed by atoms with Crippen molar-refractivity contribution in [1.29, 1.82) is 0 Å². The third-order valence-electron chi connectivity index (χ3n) is 3.19. The molecule has 2 unspecified atom stereocenters. The van der Waals surface area contributed by atoms with Crippen molar-refractivity contribution < 1.29 is 4.74 Å². The zero-order valence-electron chi connectivity index (χ0n) is 12.5. The lowest BCUT2D eigenvalue weighted by Crippen LogP contribution is -2.25. The fraction of sp³-hybridized carbons (Fsp3) is 0.786. The molecule has 1 N–H and O–H groups in total. The highest BCUT2D eigenvalue weighted by molar-refractivity contribution is 5.31. The summed E-state index contributed by atoms with van der Waals surface area (Å²) in [5, 5.41) is 3.43. The molecule has 0 aliphatic rings. The van der Waals surface area contributed by atoms with Crippen molar-refractivity contribution >= 4 is 5.95 Å². The average Bonchev–Trinajstić information content (AvgIpc) is 2.60. The van der Waals surface area contributed by atoms with Crippen LogP contribution in [0.25, 0.3) is 0 Å². The minimum Gasteiger partial charge on any atom is -0.383 e. The number of nitrogens with one attached hydrogen (secondary N) is 1. The van der Waals surface area contributed by atoms with Crippen LogP contribution in [0.15, 0.2) is 6.20 Å². The summed E-state index contributed by atoms with van der Waals surface area (Å²) in [5.74, 6) is 1.56. The quantitative estimate of drug-likeness (QED) is 0.810. The SMILES string of the molecule is CCC(C(C)C)n1cc(C)nc1NC(C)COC. The van der Waals surface area contributed by atoms with Crippen molar-refractivity contribution in [1.82, 2.24) is 9.55 Å². The normalized spacial score (nSPS) is 14.8. The van der Waals surface area contributed by atoms with E-state index in [1.807, 2.05) is 6.92 Å². The maximum absolute atomic E-state index is 5.16. The molecule has 0 aliphatic carbocycles. The predicted molar refractivity (Wildman–Crippen MR) is 76.1 cm³/mol. The molecule has 4 heteroatoms. The van der Waals surface area contributed by atoms with Gasteiger partial charge in [0, 0.05) is 25.4 Å². The Kier molecular flexibility index (Phi) is 5.66. The molecule has 4 nitrogen and oxygen atoms in total. The number of hydrogen-bond donors (Lipinski definition) is 1. The van der Waals surface area contributed by atoms with Crippen molar-refractivity contribution in [2.45, 2.75) is 53.1 Å². The second kappa shape index (κ2) is 6.78. The number of ether oxygens (including phenoxy) is 1. The van der Waals surface area contributed by atoms with Crippen LogP contribution in [0.2, 0.25) is 0 Å². The van der Waals surface area contributed by atoms with Crippen LogP contribution in [-0.2, 0) is 4.74 Å². The van der Waals surface area contributed by atoms with Gasteiger partial charge >= 0.3 is 0 Å². The van der Waals surface area contributed by atoms with Crippen LogP contribution in [0, 0.1) is 12.8 Å². The Hall–Kier alpha value is -1.03. The van der Waals surface area contributed by atoms with E-state index in [0.717, 1.165) is 18.1 Å². The first kappa shape index (κ1) is 15.0. The van der Waals surface area contributed by atoms with Gasteiger partial charge in [-0.1, -0.05) is 20.8 Å². The Morgan fingerprint density at radius 3 is 2.56 bits per heavy atom. The van der Waals surface area contributed by atoms with Crippen molar-refractivity contribution in [3.05, 3.63) is 11.9 Å². The van der Waals surface area contributed by atoms with E-state index in [1.54, 1.807) is 7.11 Å². The number of methoxy groups -OCH3 is 1. The van der Waals surface area contributed by atoms with E-state index >= 15 is 0 Å². The van der Waals surface area contributed by atoms with Crippen molar-refractivity contribution in [2.75, 3.05) is 19.0 Å². The van der Waals surface area contributed by atoms with E-state index in [4.69, 9.17) is 4.74 Å². The molecule has 0 aliphatic heterocycles. The van der Waals surface area contributed by atoms with Gasteiger partial charge in [-0.25, -0.2) is 4.98 Å². The van der Waals surface area contributed by atoms with E-state index in [1.165, 1.54) is 0 Å². The standard InChI is InChI=1S/C14H27N3O/c1-7-13(10(2)3)17-8-11(4)15-14(17)16-12(5)9-18-6/h8,10,12-13H,7,9H2,1-6H3,(H,15,16). The minimum atomic E-state index is 0.264. The zero-order valence-corrected chi connectivity index (χ0v) is 12.5. The third kappa shape index (κ3) is 3.73. The van der Waals surface area contributed by atoms with Crippen LogP contribution < -0.4 is 5.32 Å². The Morgan fingerprint density at radius 2 is 2.06 bits per heavy atom. The number of aryl methyl sites for hydroxylation is 1. The van der Waals surface area contributed by atoms with E-state index in [-0.39, 0.29) is 6.04 Å². The molecule has 1 aromatic heterocycles. The van der Waals surface area contributed by atoms with E-state index < -0.39 is 0 Å². The molecule has 0 spiro atoms. The minimum absolute atomic E-state index is 0.264. The topological polar surface area (TPSA) is 39.1 Å². The summed E-state index contributed by atoms with van der Waals surface area (Å²) in [6, 6.07) is 0.753. The summed E-state index contributed by atoms with van der Waals surface area (Å²) in [6.45, 7) is 11.6. The predicted octanol–water partition coefficient (Wildman–Crippen LogP) is 3.25. The number of rotatable bonds is 7. The molecular formula is C14H27N3O. The van der Waals surface area contributed by atoms with Crippen LogP contribution in [0.1, 0.15) is 45.9 Å². The first-order valence-electron chi connectivity index (χ1n) is 6.80. The number of anilines is 1. The van der Waals surface area contributed by atoms with E-state index in [0.29, 0.717) is 18.6 Å². The molecule has 1 rings (SSSR count). The van der Waals surface area contributed by atoms with Gasteiger partial charge in [0.15, 0.2) is 0 Å². The maximum Gasteiger partial charge on any atom is 0.203 e. The van der Waals surface area contributed by atoms with E-state index in [2.05, 4.69) is 48.8 Å². The van der Waals surface area contributed by atoms with Crippen LogP contribution in [0.3, 0.4) is 0 Å². The van der Waals surface area contributed by atoms with E-state index in [9.17, 15) is 0 Å². The van der Waals surface area contributed by atoms with Gasteiger partial charge in [-0.15, -0.1) is 0 Å². The molecule has 0 aromatic carbocycles. The summed E-state index contributed by atoms with van der Waals surface area (Å²) in [6.07, 6.45) is 3.25. The summed E-state index contributed by atoms with van der Waals surface area (Å²) in [5.41, 5.74) is 1.06. The van der Waals surface area contributed by atoms with Crippen molar-refractivity contribution in [2.24, 2.45) is 5.92 Å². The lowest BCUT2D eigenvalue weighted by Gasteiger charge is -2.24. The molecule has 0 bridgehead atoms. The molecule has 0 saturated carbocycles. The van der Waals surface area contributed by atoms with Crippen LogP contribution in [-0.4, -0.2) is 29.3 Å². The number of imidazole rings is 1. The Morgan fingerprint density at radius 1 is 1.39 bits per heavy atom. The molecule has 1 heterocycles. The highest BCUT2D eigenvalue weighted by Crippen LogP contribution is 2.26. The van der Waals surface area contributed by atoms with Crippen molar-refractivity contribution in [3.8, 4) is 0 Å². The fourth-order valence-corrected chi connectivity index (χ4v) is 2.38. The van der Waals surface area contributed by atoms with Gasteiger partial charge in [-0.3, -0.25) is 0 Å². The van der Waals surface area contributed by atoms with Crippen LogP contribution >= 0.6 is 0 Å². The van der Waals surface area contributed by atoms with Gasteiger partial charge in [-0.2, -0.15) is 0 Å². The average molecular weight is 253 g/mol. The molecule has 0 saturated heterocycles. The molecule has 2 atom stereocenters. The summed E-state index contributed by atoms with van der Waals surface area (Å²) >= 11 is 0. The zero-order chi connectivity index (χ0) is 13.7. The molecule has 18 heavy (non-hydrogen) atoms. The first-order chi connectivity index (χ1) is 8.49. The maximum atomic E-state index is 5.16. The molecule has 0 radical (unpaired) electrons. The Bertz CT molecular complexity index is 360. The first-order valence-corrected chi connectivity index (χ1v) is 6.80. The molecule has 104 valence electrons. The highest BCUT2D eigenvalue weighted by atomic mass is 16.5. The lowest BCUT2D eigenvalue weighted by atomic mass is 10.0. The highest BCUT2D eigenvalue weighted by Gasteiger charge is 2.18. The van der Waals surface area contributed by atoms with Gasteiger partial charge in [0.05, 0.1) is 12.3 Å². The van der Waals surface area contributed by atoms with Gasteiger partial charge in [0.25, 0.3) is 0 Å². The van der Waals surface area contributed by atoms with Crippen LogP contribution in [0.5, 0.6) is 0 Å². The number of hydrogen-bond acceptors (Lipinski definition) is 3. The second-order valence-electron chi connectivity index (χ2n) is 5.33. The van der Waals surface area contributed by atoms with Gasteiger partial charge in [0.1, 0.15) is 0 Å². The Labute approximate surface area is 111 Å². The number of aromatic nitrogens is 2. The number of nitrogens with zero attached hydrogens (tertiary/aromatic N) is 2. The summed E-state index contributed by atoms with van der Waals surface area (Å²) < 4.78 is 7.43.